The number of anilines is 1. The topological polar surface area (TPSA) is 59.8 Å². The number of amides is 1. The maximum atomic E-state index is 14.1. The van der Waals surface area contributed by atoms with Gasteiger partial charge in [-0.2, -0.15) is 0 Å². The number of benzene rings is 1. The van der Waals surface area contributed by atoms with Gasteiger partial charge in [0.25, 0.3) is 0 Å². The second kappa shape index (κ2) is 6.65. The maximum Gasteiger partial charge on any atom is 0.248 e. The van der Waals surface area contributed by atoms with E-state index in [1.807, 2.05) is 6.07 Å². The zero-order chi connectivity index (χ0) is 16.1. The number of carbonyl (C=O) groups excluding carboxylic acids is 1. The molecule has 1 aromatic carbocycles. The molecule has 0 saturated heterocycles. The Morgan fingerprint density at radius 3 is 2.83 bits per heavy atom. The number of aromatic nitrogens is 3. The summed E-state index contributed by atoms with van der Waals surface area (Å²) < 4.78 is 15.6. The normalized spacial score (nSPS) is 10.8. The number of nitrogens with one attached hydrogen (secondary N) is 1. The monoisotopic (exact) mass is 308 g/mol. The Morgan fingerprint density at radius 2 is 2.13 bits per heavy atom. The molecular weight excluding hydrogens is 295 g/mol. The van der Waals surface area contributed by atoms with Crippen LogP contribution in [0.15, 0.2) is 67.4 Å². The summed E-state index contributed by atoms with van der Waals surface area (Å²) in [7, 11) is 0. The Morgan fingerprint density at radius 1 is 1.22 bits per heavy atom. The van der Waals surface area contributed by atoms with Crippen molar-refractivity contribution in [3.05, 3.63) is 78.9 Å². The molecule has 0 atom stereocenters. The van der Waals surface area contributed by atoms with Crippen molar-refractivity contribution in [3.8, 4) is 5.69 Å². The minimum absolute atomic E-state index is 0.356. The third kappa shape index (κ3) is 3.68. The Bertz CT molecular complexity index is 829. The van der Waals surface area contributed by atoms with Gasteiger partial charge in [0.1, 0.15) is 5.82 Å². The van der Waals surface area contributed by atoms with Crippen LogP contribution in [-0.4, -0.2) is 20.4 Å². The molecule has 0 unspecified atom stereocenters. The molecule has 0 saturated carbocycles. The van der Waals surface area contributed by atoms with E-state index in [1.54, 1.807) is 53.5 Å². The van der Waals surface area contributed by atoms with Crippen LogP contribution < -0.4 is 5.32 Å². The highest BCUT2D eigenvalue weighted by atomic mass is 19.1. The third-order valence-corrected chi connectivity index (χ3v) is 3.09. The zero-order valence-corrected chi connectivity index (χ0v) is 12.1. The first kappa shape index (κ1) is 14.6. The molecule has 5 nitrogen and oxygen atoms in total. The van der Waals surface area contributed by atoms with Crippen molar-refractivity contribution in [2.75, 3.05) is 5.32 Å². The lowest BCUT2D eigenvalue weighted by atomic mass is 10.2. The lowest BCUT2D eigenvalue weighted by Crippen LogP contribution is -2.08. The van der Waals surface area contributed by atoms with Crippen LogP contribution in [0.25, 0.3) is 11.8 Å². The molecule has 0 aliphatic rings. The first-order chi connectivity index (χ1) is 11.2. The van der Waals surface area contributed by atoms with Crippen LogP contribution in [0.4, 0.5) is 10.1 Å². The van der Waals surface area contributed by atoms with Crippen molar-refractivity contribution in [2.24, 2.45) is 0 Å². The molecule has 3 aromatic rings. The number of nitrogens with zero attached hydrogens (tertiary/aromatic N) is 3. The molecule has 3 rings (SSSR count). The van der Waals surface area contributed by atoms with Gasteiger partial charge < -0.3 is 9.88 Å². The summed E-state index contributed by atoms with van der Waals surface area (Å²) in [5, 5.41) is 2.61. The van der Waals surface area contributed by atoms with Gasteiger partial charge in [-0.3, -0.25) is 9.78 Å². The van der Waals surface area contributed by atoms with Gasteiger partial charge in [-0.25, -0.2) is 9.37 Å². The molecule has 1 amide bonds. The first-order valence-electron chi connectivity index (χ1n) is 6.90. The fourth-order valence-electron chi connectivity index (χ4n) is 2.02. The van der Waals surface area contributed by atoms with Crippen LogP contribution in [-0.2, 0) is 4.79 Å². The number of carbonyl (C=O) groups is 1. The second-order valence-corrected chi connectivity index (χ2v) is 4.71. The van der Waals surface area contributed by atoms with E-state index in [1.165, 1.54) is 18.5 Å². The quantitative estimate of drug-likeness (QED) is 0.754. The Hall–Kier alpha value is -3.28. The minimum atomic E-state index is -0.450. The van der Waals surface area contributed by atoms with Crippen LogP contribution in [0.5, 0.6) is 0 Å². The molecule has 6 heteroatoms. The van der Waals surface area contributed by atoms with E-state index >= 15 is 0 Å². The van der Waals surface area contributed by atoms with Crippen LogP contribution in [0, 0.1) is 5.82 Å². The molecule has 0 aliphatic heterocycles. The third-order valence-electron chi connectivity index (χ3n) is 3.09. The van der Waals surface area contributed by atoms with Gasteiger partial charge >= 0.3 is 0 Å². The predicted octanol–water partition coefficient (Wildman–Crippen LogP) is 3.06. The molecule has 23 heavy (non-hydrogen) atoms. The van der Waals surface area contributed by atoms with Crippen LogP contribution >= 0.6 is 0 Å². The number of hydrogen-bond acceptors (Lipinski definition) is 3. The average molecular weight is 308 g/mol. The zero-order valence-electron chi connectivity index (χ0n) is 12.1. The van der Waals surface area contributed by atoms with E-state index < -0.39 is 5.82 Å². The first-order valence-corrected chi connectivity index (χ1v) is 6.90. The number of pyridine rings is 1. The number of halogens is 1. The molecule has 0 radical (unpaired) electrons. The highest BCUT2D eigenvalue weighted by Gasteiger charge is 2.06. The number of hydrogen-bond donors (Lipinski definition) is 1. The average Bonchev–Trinajstić information content (AvgIpc) is 3.08. The fraction of sp³-hybridized carbons (Fsp3) is 0. The summed E-state index contributed by atoms with van der Waals surface area (Å²) in [6.45, 7) is 0. The molecule has 0 aliphatic carbocycles. The summed E-state index contributed by atoms with van der Waals surface area (Å²) in [6.07, 6.45) is 9.30. The second-order valence-electron chi connectivity index (χ2n) is 4.71. The Kier molecular flexibility index (Phi) is 4.24. The van der Waals surface area contributed by atoms with Gasteiger partial charge in [-0.05, 0) is 36.4 Å². The van der Waals surface area contributed by atoms with Crippen molar-refractivity contribution in [1.29, 1.82) is 0 Å². The Labute approximate surface area is 132 Å². The number of imidazole rings is 1. The number of rotatable bonds is 4. The smallest absolute Gasteiger partial charge is 0.248 e. The van der Waals surface area contributed by atoms with Gasteiger partial charge in [-0.1, -0.05) is 6.07 Å². The highest BCUT2D eigenvalue weighted by Crippen LogP contribution is 2.18. The summed E-state index contributed by atoms with van der Waals surface area (Å²) in [5.74, 6) is -0.806. The van der Waals surface area contributed by atoms with Gasteiger partial charge in [0.2, 0.25) is 5.91 Å². The van der Waals surface area contributed by atoms with E-state index in [0.717, 1.165) is 0 Å². The molecule has 1 N–H and O–H groups in total. The molecule has 114 valence electrons. The van der Waals surface area contributed by atoms with E-state index in [-0.39, 0.29) is 5.91 Å². The van der Waals surface area contributed by atoms with Gasteiger partial charge in [0.05, 0.1) is 17.7 Å². The predicted molar refractivity (Wildman–Crippen MR) is 85.4 cm³/mol. The summed E-state index contributed by atoms with van der Waals surface area (Å²) in [5.41, 5.74) is 1.41. The summed E-state index contributed by atoms with van der Waals surface area (Å²) >= 11 is 0. The van der Waals surface area contributed by atoms with E-state index in [9.17, 15) is 9.18 Å². The molecule has 2 aromatic heterocycles. The van der Waals surface area contributed by atoms with Gasteiger partial charge in [0.15, 0.2) is 0 Å². The fourth-order valence-corrected chi connectivity index (χ4v) is 2.02. The Balaban J connectivity index is 1.70. The molecule has 2 heterocycles. The standard InChI is InChI=1S/C17H13FN4O/c18-15-11-14(4-6-16(15)22-10-9-19-12-22)21-17(23)7-5-13-3-1-2-8-20-13/h1-12H,(H,21,23)/b7-5+. The minimum Gasteiger partial charge on any atom is -0.322 e. The SMILES string of the molecule is O=C(/C=C/c1ccccn1)Nc1ccc(-n2ccnc2)c(F)c1. The largest absolute Gasteiger partial charge is 0.322 e. The lowest BCUT2D eigenvalue weighted by Gasteiger charge is -2.07. The summed E-state index contributed by atoms with van der Waals surface area (Å²) in [6, 6.07) is 9.88. The van der Waals surface area contributed by atoms with E-state index in [4.69, 9.17) is 0 Å². The maximum absolute atomic E-state index is 14.1. The van der Waals surface area contributed by atoms with Crippen LogP contribution in [0.3, 0.4) is 0 Å². The van der Waals surface area contributed by atoms with E-state index in [0.29, 0.717) is 17.1 Å². The van der Waals surface area contributed by atoms with Crippen molar-refractivity contribution >= 4 is 17.7 Å². The molecule has 0 bridgehead atoms. The van der Waals surface area contributed by atoms with E-state index in [2.05, 4.69) is 15.3 Å². The molecular formula is C17H13FN4O. The lowest BCUT2D eigenvalue weighted by molar-refractivity contribution is -0.111. The van der Waals surface area contributed by atoms with Crippen LogP contribution in [0.1, 0.15) is 5.69 Å². The summed E-state index contributed by atoms with van der Waals surface area (Å²) in [4.78, 5) is 19.8. The molecule has 0 spiro atoms. The van der Waals surface area contributed by atoms with Crippen molar-refractivity contribution in [2.45, 2.75) is 0 Å². The van der Waals surface area contributed by atoms with Gasteiger partial charge in [0, 0.05) is 30.4 Å². The van der Waals surface area contributed by atoms with Gasteiger partial charge in [-0.15, -0.1) is 0 Å². The van der Waals surface area contributed by atoms with Crippen LogP contribution in [0.2, 0.25) is 0 Å². The van der Waals surface area contributed by atoms with Crippen molar-refractivity contribution < 1.29 is 9.18 Å². The van der Waals surface area contributed by atoms with Crippen molar-refractivity contribution in [3.63, 3.8) is 0 Å². The molecule has 0 fully saturated rings. The highest BCUT2D eigenvalue weighted by molar-refractivity contribution is 6.01. The van der Waals surface area contributed by atoms with Crippen molar-refractivity contribution in [1.82, 2.24) is 14.5 Å².